The average molecular weight is 410 g/mol. The second kappa shape index (κ2) is 10.2. The summed E-state index contributed by atoms with van der Waals surface area (Å²) in [5.41, 5.74) is 1.40. The molecule has 2 rings (SSSR count). The van der Waals surface area contributed by atoms with Crippen LogP contribution in [-0.4, -0.2) is 31.1 Å². The molecular weight excluding hydrogens is 386 g/mol. The van der Waals surface area contributed by atoms with Crippen LogP contribution in [0.25, 0.3) is 0 Å². The van der Waals surface area contributed by atoms with Gasteiger partial charge >= 0.3 is 5.97 Å². The molecule has 0 heterocycles. The maximum absolute atomic E-state index is 12.0. The van der Waals surface area contributed by atoms with E-state index in [1.54, 1.807) is 19.1 Å². The Morgan fingerprint density at radius 1 is 1.24 bits per heavy atom. The molecule has 1 aliphatic carbocycles. The van der Waals surface area contributed by atoms with Crippen molar-refractivity contribution in [2.75, 3.05) is 13.2 Å². The molecule has 1 aromatic carbocycles. The van der Waals surface area contributed by atoms with Crippen LogP contribution in [0.1, 0.15) is 39.0 Å². The van der Waals surface area contributed by atoms with Crippen molar-refractivity contribution in [3.63, 3.8) is 0 Å². The van der Waals surface area contributed by atoms with Gasteiger partial charge in [-0.25, -0.2) is 4.79 Å². The van der Waals surface area contributed by atoms with Crippen LogP contribution < -0.4 is 10.1 Å². The number of nitrogens with one attached hydrogen (secondary N) is 1. The minimum Gasteiger partial charge on any atom is -0.482 e. The van der Waals surface area contributed by atoms with Gasteiger partial charge in [0.25, 0.3) is 5.91 Å². The highest BCUT2D eigenvalue weighted by atomic mass is 79.9. The number of hydrogen-bond donors (Lipinski definition) is 1. The highest BCUT2D eigenvalue weighted by Gasteiger charge is 2.18. The Morgan fingerprint density at radius 3 is 2.68 bits per heavy atom. The summed E-state index contributed by atoms with van der Waals surface area (Å²) in [6, 6.07) is 7.12. The van der Waals surface area contributed by atoms with Crippen molar-refractivity contribution in [2.45, 2.75) is 45.1 Å². The number of ether oxygens (including phenoxy) is 2. The molecule has 1 aromatic rings. The molecule has 0 spiro atoms. The number of hydrogen-bond acceptors (Lipinski definition) is 4. The lowest BCUT2D eigenvalue weighted by Gasteiger charge is -2.15. The molecule has 25 heavy (non-hydrogen) atoms. The summed E-state index contributed by atoms with van der Waals surface area (Å²) < 4.78 is 11.4. The van der Waals surface area contributed by atoms with E-state index >= 15 is 0 Å². The minimum absolute atomic E-state index is 0.230. The molecule has 136 valence electrons. The molecule has 1 atom stereocenters. The summed E-state index contributed by atoms with van der Waals surface area (Å²) in [6.45, 7) is 1.90. The number of halogens is 1. The third-order valence-electron chi connectivity index (χ3n) is 3.98. The fourth-order valence-electron chi connectivity index (χ4n) is 2.58. The van der Waals surface area contributed by atoms with E-state index in [4.69, 9.17) is 9.47 Å². The second-order valence-electron chi connectivity index (χ2n) is 6.02. The first-order chi connectivity index (χ1) is 12.0. The van der Waals surface area contributed by atoms with Gasteiger partial charge in [0.2, 0.25) is 0 Å². The second-order valence-corrected chi connectivity index (χ2v) is 6.94. The van der Waals surface area contributed by atoms with Gasteiger partial charge in [0, 0.05) is 11.0 Å². The summed E-state index contributed by atoms with van der Waals surface area (Å²) in [6.07, 6.45) is 7.03. The number of rotatable bonds is 8. The van der Waals surface area contributed by atoms with Gasteiger partial charge in [-0.2, -0.15) is 0 Å². The number of allylic oxidation sites excluding steroid dienone is 1. The number of esters is 1. The van der Waals surface area contributed by atoms with E-state index in [1.807, 2.05) is 12.1 Å². The smallest absolute Gasteiger partial charge is 0.344 e. The molecule has 6 heteroatoms. The molecule has 0 aliphatic heterocycles. The SMILES string of the molecule is C[C@@H](OC(=O)COc1ccc(Br)cc1)C(=O)NCCC1=CCCCC1. The Hall–Kier alpha value is -1.82. The van der Waals surface area contributed by atoms with Crippen molar-refractivity contribution >= 4 is 27.8 Å². The van der Waals surface area contributed by atoms with Crippen LogP contribution in [-0.2, 0) is 14.3 Å². The normalized spacial score (nSPS) is 15.0. The van der Waals surface area contributed by atoms with E-state index in [2.05, 4.69) is 27.3 Å². The van der Waals surface area contributed by atoms with Gasteiger partial charge in [0.15, 0.2) is 12.7 Å². The zero-order valence-electron chi connectivity index (χ0n) is 14.4. The number of carbonyl (C=O) groups excluding carboxylic acids is 2. The molecule has 1 amide bonds. The zero-order chi connectivity index (χ0) is 18.1. The summed E-state index contributed by atoms with van der Waals surface area (Å²) in [4.78, 5) is 23.8. The third kappa shape index (κ3) is 7.30. The quantitative estimate of drug-likeness (QED) is 0.524. The highest BCUT2D eigenvalue weighted by Crippen LogP contribution is 2.19. The number of carbonyl (C=O) groups is 2. The Morgan fingerprint density at radius 2 is 2.00 bits per heavy atom. The lowest BCUT2D eigenvalue weighted by molar-refractivity contribution is -0.156. The molecule has 1 aliphatic rings. The highest BCUT2D eigenvalue weighted by molar-refractivity contribution is 9.10. The van der Waals surface area contributed by atoms with Crippen molar-refractivity contribution in [1.82, 2.24) is 5.32 Å². The van der Waals surface area contributed by atoms with Gasteiger partial charge in [-0.1, -0.05) is 27.6 Å². The number of amides is 1. The molecule has 0 fully saturated rings. The molecule has 1 N–H and O–H groups in total. The van der Waals surface area contributed by atoms with Gasteiger partial charge in [-0.05, 0) is 63.3 Å². The van der Waals surface area contributed by atoms with Crippen molar-refractivity contribution < 1.29 is 19.1 Å². The minimum atomic E-state index is -0.832. The van der Waals surface area contributed by atoms with Crippen LogP contribution in [0.5, 0.6) is 5.75 Å². The number of benzene rings is 1. The summed E-state index contributed by atoms with van der Waals surface area (Å²) in [5.74, 6) is -0.285. The van der Waals surface area contributed by atoms with Crippen molar-refractivity contribution in [2.24, 2.45) is 0 Å². The van der Waals surface area contributed by atoms with Crippen LogP contribution in [0.15, 0.2) is 40.4 Å². The Bertz CT molecular complexity index is 612. The Balaban J connectivity index is 1.64. The summed E-state index contributed by atoms with van der Waals surface area (Å²) in [7, 11) is 0. The lowest BCUT2D eigenvalue weighted by atomic mass is 9.97. The Kier molecular flexibility index (Phi) is 7.98. The molecule has 0 saturated heterocycles. The molecule has 5 nitrogen and oxygen atoms in total. The lowest BCUT2D eigenvalue weighted by Crippen LogP contribution is -2.37. The molecule has 0 saturated carbocycles. The van der Waals surface area contributed by atoms with Gasteiger partial charge in [0.05, 0.1) is 0 Å². The predicted molar refractivity (Wildman–Crippen MR) is 99.4 cm³/mol. The Labute approximate surface area is 156 Å². The van der Waals surface area contributed by atoms with Crippen LogP contribution in [0.2, 0.25) is 0 Å². The first-order valence-corrected chi connectivity index (χ1v) is 9.37. The molecule has 0 bridgehead atoms. The van der Waals surface area contributed by atoms with E-state index in [0.717, 1.165) is 23.7 Å². The maximum atomic E-state index is 12.0. The van der Waals surface area contributed by atoms with E-state index in [1.165, 1.54) is 18.4 Å². The van der Waals surface area contributed by atoms with E-state index in [9.17, 15) is 9.59 Å². The third-order valence-corrected chi connectivity index (χ3v) is 4.51. The monoisotopic (exact) mass is 409 g/mol. The van der Waals surface area contributed by atoms with E-state index in [-0.39, 0.29) is 12.5 Å². The van der Waals surface area contributed by atoms with Gasteiger partial charge in [0.1, 0.15) is 5.75 Å². The van der Waals surface area contributed by atoms with Crippen LogP contribution in [0.4, 0.5) is 0 Å². The van der Waals surface area contributed by atoms with E-state index in [0.29, 0.717) is 12.3 Å². The van der Waals surface area contributed by atoms with Crippen molar-refractivity contribution in [3.05, 3.63) is 40.4 Å². The standard InChI is InChI=1S/C19H24BrNO4/c1-14(19(23)21-12-11-15-5-3-2-4-6-15)25-18(22)13-24-17-9-7-16(20)8-10-17/h5,7-10,14H,2-4,6,11-13H2,1H3,(H,21,23)/t14-/m1/s1. The van der Waals surface area contributed by atoms with Gasteiger partial charge in [-0.3, -0.25) is 4.79 Å². The molecular formula is C19H24BrNO4. The molecule has 0 unspecified atom stereocenters. The summed E-state index contributed by atoms with van der Waals surface area (Å²) >= 11 is 3.32. The van der Waals surface area contributed by atoms with Crippen LogP contribution in [0, 0.1) is 0 Å². The average Bonchev–Trinajstić information content (AvgIpc) is 2.62. The summed E-state index contributed by atoms with van der Waals surface area (Å²) in [5, 5.41) is 2.81. The largest absolute Gasteiger partial charge is 0.482 e. The van der Waals surface area contributed by atoms with Crippen LogP contribution >= 0.6 is 15.9 Å². The maximum Gasteiger partial charge on any atom is 0.344 e. The fraction of sp³-hybridized carbons (Fsp3) is 0.474. The fourth-order valence-corrected chi connectivity index (χ4v) is 2.84. The molecule has 0 radical (unpaired) electrons. The topological polar surface area (TPSA) is 64.6 Å². The zero-order valence-corrected chi connectivity index (χ0v) is 16.0. The van der Waals surface area contributed by atoms with Gasteiger partial charge < -0.3 is 14.8 Å². The predicted octanol–water partition coefficient (Wildman–Crippen LogP) is 3.77. The van der Waals surface area contributed by atoms with Gasteiger partial charge in [-0.15, -0.1) is 0 Å². The van der Waals surface area contributed by atoms with Crippen LogP contribution in [0.3, 0.4) is 0 Å². The first-order valence-electron chi connectivity index (χ1n) is 8.58. The molecule has 0 aromatic heterocycles. The van der Waals surface area contributed by atoms with Crippen molar-refractivity contribution in [1.29, 1.82) is 0 Å². The van der Waals surface area contributed by atoms with E-state index < -0.39 is 12.1 Å². The van der Waals surface area contributed by atoms with Crippen molar-refractivity contribution in [3.8, 4) is 5.75 Å². The first kappa shape index (κ1) is 19.5.